The summed E-state index contributed by atoms with van der Waals surface area (Å²) in [6, 6.07) is 6.72. The van der Waals surface area contributed by atoms with Crippen LogP contribution in [0, 0.1) is 0 Å². The highest BCUT2D eigenvalue weighted by molar-refractivity contribution is 9.10. The van der Waals surface area contributed by atoms with E-state index in [1.165, 1.54) is 16.5 Å². The molecule has 0 radical (unpaired) electrons. The number of nitrogens with one attached hydrogen (secondary N) is 1. The third-order valence-electron chi connectivity index (χ3n) is 5.49. The fourth-order valence-corrected chi connectivity index (χ4v) is 4.26. The maximum atomic E-state index is 13.1. The number of ether oxygens (including phenoxy) is 2. The number of hydrogen-bond donors (Lipinski definition) is 1. The minimum Gasteiger partial charge on any atom is -0.385 e. The lowest BCUT2D eigenvalue weighted by molar-refractivity contribution is -0.146. The Morgan fingerprint density at radius 3 is 3.00 bits per heavy atom. The Morgan fingerprint density at radius 1 is 1.43 bits per heavy atom. The second kappa shape index (κ2) is 8.95. The predicted octanol–water partition coefficient (Wildman–Crippen LogP) is 2.92. The van der Waals surface area contributed by atoms with E-state index < -0.39 is 0 Å². The summed E-state index contributed by atoms with van der Waals surface area (Å²) in [6.07, 6.45) is 4.97. The number of carbonyl (C=O) groups is 1. The van der Waals surface area contributed by atoms with Crippen LogP contribution >= 0.6 is 15.9 Å². The van der Waals surface area contributed by atoms with Crippen molar-refractivity contribution < 1.29 is 14.3 Å². The molecule has 1 aromatic heterocycles. The lowest BCUT2D eigenvalue weighted by Gasteiger charge is -2.30. The Bertz CT molecular complexity index is 828. The quantitative estimate of drug-likeness (QED) is 0.629. The molecular weight excluding hydrogens is 422 g/mol. The normalized spacial score (nSPS) is 19.9. The van der Waals surface area contributed by atoms with E-state index in [4.69, 9.17) is 9.47 Å². The van der Waals surface area contributed by atoms with Gasteiger partial charge < -0.3 is 24.3 Å². The molecule has 7 heteroatoms. The topological polar surface area (TPSA) is 55.7 Å². The number of nitrogens with zero attached hydrogens (tertiary/aromatic N) is 2. The molecule has 1 aliphatic heterocycles. The van der Waals surface area contributed by atoms with Gasteiger partial charge in [-0.05, 0) is 43.0 Å². The van der Waals surface area contributed by atoms with E-state index in [-0.39, 0.29) is 12.0 Å². The fourth-order valence-electron chi connectivity index (χ4n) is 3.90. The molecule has 6 nitrogen and oxygen atoms in total. The van der Waals surface area contributed by atoms with Crippen molar-refractivity contribution in [2.24, 2.45) is 0 Å². The number of aryl methyl sites for hydroxylation is 1. The van der Waals surface area contributed by atoms with Gasteiger partial charge in [0.05, 0.1) is 6.61 Å². The Hall–Kier alpha value is -1.41. The van der Waals surface area contributed by atoms with Gasteiger partial charge >= 0.3 is 0 Å². The number of methoxy groups -OCH3 is 1. The van der Waals surface area contributed by atoms with Gasteiger partial charge in [0.25, 0.3) is 5.91 Å². The zero-order valence-corrected chi connectivity index (χ0v) is 17.9. The van der Waals surface area contributed by atoms with Gasteiger partial charge in [-0.3, -0.25) is 4.79 Å². The van der Waals surface area contributed by atoms with Crippen LogP contribution in [0.2, 0.25) is 0 Å². The number of morpholine rings is 1. The summed E-state index contributed by atoms with van der Waals surface area (Å²) in [6.45, 7) is 4.29. The monoisotopic (exact) mass is 449 g/mol. The molecule has 0 bridgehead atoms. The molecule has 1 saturated heterocycles. The molecule has 4 rings (SSSR count). The van der Waals surface area contributed by atoms with Gasteiger partial charge in [0.15, 0.2) is 0 Å². The van der Waals surface area contributed by atoms with Crippen molar-refractivity contribution in [3.63, 3.8) is 0 Å². The minimum absolute atomic E-state index is 0.116. The van der Waals surface area contributed by atoms with Gasteiger partial charge in [-0.15, -0.1) is 0 Å². The van der Waals surface area contributed by atoms with Gasteiger partial charge in [-0.2, -0.15) is 0 Å². The number of halogens is 1. The van der Waals surface area contributed by atoms with Crippen molar-refractivity contribution in [2.75, 3.05) is 33.4 Å². The van der Waals surface area contributed by atoms with E-state index in [9.17, 15) is 4.79 Å². The van der Waals surface area contributed by atoms with Crippen molar-refractivity contribution >= 4 is 32.7 Å². The lowest BCUT2D eigenvalue weighted by atomic mass is 10.1. The molecule has 2 heterocycles. The molecule has 0 spiro atoms. The highest BCUT2D eigenvalue weighted by atomic mass is 79.9. The Morgan fingerprint density at radius 2 is 2.29 bits per heavy atom. The average Bonchev–Trinajstić information content (AvgIpc) is 3.50. The first kappa shape index (κ1) is 19.9. The predicted molar refractivity (Wildman–Crippen MR) is 112 cm³/mol. The largest absolute Gasteiger partial charge is 0.385 e. The molecule has 1 amide bonds. The van der Waals surface area contributed by atoms with Crippen molar-refractivity contribution in [2.45, 2.75) is 44.5 Å². The molecule has 0 unspecified atom stereocenters. The van der Waals surface area contributed by atoms with Crippen LogP contribution in [-0.2, 0) is 27.4 Å². The van der Waals surface area contributed by atoms with Gasteiger partial charge in [-0.25, -0.2) is 0 Å². The minimum atomic E-state index is -0.365. The third-order valence-corrected chi connectivity index (χ3v) is 5.98. The molecule has 1 aliphatic carbocycles. The Balaban J connectivity index is 1.59. The van der Waals surface area contributed by atoms with Crippen LogP contribution in [0.4, 0.5) is 0 Å². The molecule has 1 atom stereocenters. The van der Waals surface area contributed by atoms with Gasteiger partial charge in [0, 0.05) is 67.5 Å². The third kappa shape index (κ3) is 4.43. The zero-order chi connectivity index (χ0) is 19.5. The molecular formula is C21H28BrN3O3. The van der Waals surface area contributed by atoms with Crippen molar-refractivity contribution in [3.8, 4) is 0 Å². The Kier molecular flexibility index (Phi) is 6.35. The lowest BCUT2D eigenvalue weighted by Crippen LogP contribution is -2.49. The number of carbonyl (C=O) groups excluding carboxylic acids is 1. The van der Waals surface area contributed by atoms with E-state index in [1.807, 2.05) is 4.90 Å². The molecule has 1 aromatic carbocycles. The van der Waals surface area contributed by atoms with Crippen LogP contribution in [0.1, 0.15) is 24.8 Å². The van der Waals surface area contributed by atoms with Gasteiger partial charge in [-0.1, -0.05) is 15.9 Å². The number of fused-ring (bicyclic) bond motifs is 1. The van der Waals surface area contributed by atoms with Crippen LogP contribution < -0.4 is 5.32 Å². The molecule has 2 aliphatic rings. The summed E-state index contributed by atoms with van der Waals surface area (Å²) >= 11 is 3.60. The van der Waals surface area contributed by atoms with E-state index in [1.54, 1.807) is 7.11 Å². The maximum Gasteiger partial charge on any atom is 0.253 e. The van der Waals surface area contributed by atoms with Crippen molar-refractivity contribution in [1.82, 2.24) is 14.8 Å². The van der Waals surface area contributed by atoms with Crippen LogP contribution in [0.15, 0.2) is 28.9 Å². The number of rotatable bonds is 8. The molecule has 2 aromatic rings. The zero-order valence-electron chi connectivity index (χ0n) is 16.3. The SMILES string of the molecule is COCCCn1cc(CN(C(=O)[C@H]2CNCCO2)C2CC2)c2cc(Br)ccc21. The summed E-state index contributed by atoms with van der Waals surface area (Å²) in [5.41, 5.74) is 2.39. The molecule has 152 valence electrons. The van der Waals surface area contributed by atoms with E-state index in [0.717, 1.165) is 43.4 Å². The molecule has 2 fully saturated rings. The second-order valence-electron chi connectivity index (χ2n) is 7.62. The number of benzene rings is 1. The second-order valence-corrected chi connectivity index (χ2v) is 8.53. The smallest absolute Gasteiger partial charge is 0.253 e. The van der Waals surface area contributed by atoms with Gasteiger partial charge in [0.2, 0.25) is 0 Å². The summed E-state index contributed by atoms with van der Waals surface area (Å²) in [4.78, 5) is 15.2. The van der Waals surface area contributed by atoms with Crippen LogP contribution in [-0.4, -0.2) is 60.9 Å². The summed E-state index contributed by atoms with van der Waals surface area (Å²) in [5, 5.41) is 4.47. The number of hydrogen-bond acceptors (Lipinski definition) is 4. The summed E-state index contributed by atoms with van der Waals surface area (Å²) in [7, 11) is 1.73. The van der Waals surface area contributed by atoms with Crippen LogP contribution in [0.25, 0.3) is 10.9 Å². The standard InChI is InChI=1S/C21H28BrN3O3/c1-27-9-2-8-24-13-15(18-11-16(22)3-6-19(18)24)14-25(17-4-5-17)21(26)20-12-23-7-10-28-20/h3,6,11,13,17,20,23H,2,4-5,7-10,12,14H2,1H3/t20-/m1/s1. The summed E-state index contributed by atoms with van der Waals surface area (Å²) < 4.78 is 14.3. The highest BCUT2D eigenvalue weighted by Crippen LogP contribution is 2.32. The molecule has 1 saturated carbocycles. The van der Waals surface area contributed by atoms with E-state index in [0.29, 0.717) is 25.7 Å². The molecule has 1 N–H and O–H groups in total. The fraction of sp³-hybridized carbons (Fsp3) is 0.571. The number of amides is 1. The van der Waals surface area contributed by atoms with Gasteiger partial charge in [0.1, 0.15) is 6.10 Å². The first-order chi connectivity index (χ1) is 13.7. The maximum absolute atomic E-state index is 13.1. The van der Waals surface area contributed by atoms with Crippen molar-refractivity contribution in [1.29, 1.82) is 0 Å². The first-order valence-corrected chi connectivity index (χ1v) is 10.9. The van der Waals surface area contributed by atoms with E-state index >= 15 is 0 Å². The Labute approximate surface area is 174 Å². The average molecular weight is 450 g/mol. The van der Waals surface area contributed by atoms with E-state index in [2.05, 4.69) is 50.2 Å². The molecule has 28 heavy (non-hydrogen) atoms. The summed E-state index contributed by atoms with van der Waals surface area (Å²) in [5.74, 6) is 0.116. The van der Waals surface area contributed by atoms with Crippen LogP contribution in [0.3, 0.4) is 0 Å². The number of aromatic nitrogens is 1. The first-order valence-electron chi connectivity index (χ1n) is 10.1. The van der Waals surface area contributed by atoms with Crippen LogP contribution in [0.5, 0.6) is 0 Å². The highest BCUT2D eigenvalue weighted by Gasteiger charge is 2.37. The van der Waals surface area contributed by atoms with Crippen molar-refractivity contribution in [3.05, 3.63) is 34.4 Å².